The van der Waals surface area contributed by atoms with Gasteiger partial charge < -0.3 is 10.1 Å². The lowest BCUT2D eigenvalue weighted by molar-refractivity contribution is -0.0505. The first-order chi connectivity index (χ1) is 9.38. The van der Waals surface area contributed by atoms with Gasteiger partial charge in [0.1, 0.15) is 5.75 Å². The van der Waals surface area contributed by atoms with Crippen molar-refractivity contribution in [2.45, 2.75) is 32.5 Å². The van der Waals surface area contributed by atoms with Crippen LogP contribution in [0, 0.1) is 0 Å². The summed E-state index contributed by atoms with van der Waals surface area (Å²) in [6.07, 6.45) is 2.40. The average molecular weight is 326 g/mol. The lowest BCUT2D eigenvalue weighted by atomic mass is 10.1. The van der Waals surface area contributed by atoms with Gasteiger partial charge in [0.2, 0.25) is 0 Å². The summed E-state index contributed by atoms with van der Waals surface area (Å²) in [4.78, 5) is 0. The number of halogens is 3. The highest BCUT2D eigenvalue weighted by Crippen LogP contribution is 2.24. The minimum absolute atomic E-state index is 0.114. The molecule has 2 unspecified atom stereocenters. The van der Waals surface area contributed by atoms with E-state index in [0.717, 1.165) is 6.42 Å². The monoisotopic (exact) mass is 325 g/mol. The minimum Gasteiger partial charge on any atom is -0.434 e. The van der Waals surface area contributed by atoms with Gasteiger partial charge in [-0.3, -0.25) is 4.21 Å². The van der Waals surface area contributed by atoms with Crippen LogP contribution in [-0.2, 0) is 17.3 Å². The normalized spacial score (nSPS) is 14.3. The van der Waals surface area contributed by atoms with Crippen molar-refractivity contribution in [2.24, 2.45) is 0 Å². The third-order valence-corrected chi connectivity index (χ3v) is 3.76. The van der Waals surface area contributed by atoms with Gasteiger partial charge in [0.25, 0.3) is 0 Å². The quantitative estimate of drug-likeness (QED) is 0.797. The number of hydrogen-bond donors (Lipinski definition) is 1. The molecule has 0 aliphatic carbocycles. The van der Waals surface area contributed by atoms with Crippen molar-refractivity contribution in [3.05, 3.63) is 28.8 Å². The summed E-state index contributed by atoms with van der Waals surface area (Å²) in [6, 6.07) is 4.65. The van der Waals surface area contributed by atoms with Crippen LogP contribution in [0.1, 0.15) is 18.9 Å². The molecule has 0 amide bonds. The molecule has 0 aliphatic heterocycles. The van der Waals surface area contributed by atoms with Gasteiger partial charge in [-0.2, -0.15) is 8.78 Å². The van der Waals surface area contributed by atoms with E-state index in [-0.39, 0.29) is 11.8 Å². The zero-order valence-electron chi connectivity index (χ0n) is 11.4. The summed E-state index contributed by atoms with van der Waals surface area (Å²) in [6.45, 7) is -0.555. The maximum Gasteiger partial charge on any atom is 0.387 e. The number of rotatable bonds is 8. The van der Waals surface area contributed by atoms with Crippen LogP contribution in [-0.4, -0.2) is 28.9 Å². The van der Waals surface area contributed by atoms with Crippen LogP contribution in [0.2, 0.25) is 5.02 Å². The van der Waals surface area contributed by atoms with Gasteiger partial charge in [-0.25, -0.2) is 0 Å². The van der Waals surface area contributed by atoms with Crippen LogP contribution < -0.4 is 10.1 Å². The van der Waals surface area contributed by atoms with Crippen molar-refractivity contribution in [3.8, 4) is 5.75 Å². The summed E-state index contributed by atoms with van der Waals surface area (Å²) >= 11 is 5.86. The van der Waals surface area contributed by atoms with Gasteiger partial charge in [0.05, 0.1) is 0 Å². The molecule has 0 aliphatic rings. The van der Waals surface area contributed by atoms with E-state index in [4.69, 9.17) is 11.6 Å². The highest BCUT2D eigenvalue weighted by Gasteiger charge is 2.11. The van der Waals surface area contributed by atoms with Crippen LogP contribution in [0.25, 0.3) is 0 Å². The Morgan fingerprint density at radius 2 is 2.15 bits per heavy atom. The molecule has 2 atom stereocenters. The Kier molecular flexibility index (Phi) is 7.40. The van der Waals surface area contributed by atoms with Crippen molar-refractivity contribution >= 4 is 22.4 Å². The predicted molar refractivity (Wildman–Crippen MR) is 77.9 cm³/mol. The Hall–Kier alpha value is -0.720. The summed E-state index contributed by atoms with van der Waals surface area (Å²) in [5, 5.41) is 3.64. The lowest BCUT2D eigenvalue weighted by Crippen LogP contribution is -2.27. The number of ether oxygens (including phenoxy) is 1. The Labute approximate surface area is 125 Å². The molecule has 114 valence electrons. The fraction of sp³-hybridized carbons (Fsp3) is 0.538. The van der Waals surface area contributed by atoms with Crippen LogP contribution in [0.4, 0.5) is 8.78 Å². The molecule has 1 rings (SSSR count). The molecular formula is C13H18ClF2NO2S. The first-order valence-corrected chi connectivity index (χ1v) is 8.25. The predicted octanol–water partition coefficient (Wildman–Crippen LogP) is 3.19. The molecule has 0 spiro atoms. The third kappa shape index (κ3) is 6.63. The maximum atomic E-state index is 12.3. The first kappa shape index (κ1) is 17.3. The number of nitrogens with one attached hydrogen (secondary N) is 1. The molecule has 3 nitrogen and oxygen atoms in total. The highest BCUT2D eigenvalue weighted by atomic mass is 35.5. The zero-order valence-corrected chi connectivity index (χ0v) is 12.9. The Morgan fingerprint density at radius 3 is 2.75 bits per heavy atom. The van der Waals surface area contributed by atoms with Gasteiger partial charge in [0, 0.05) is 46.0 Å². The topological polar surface area (TPSA) is 38.3 Å². The molecule has 0 bridgehead atoms. The Balaban J connectivity index is 2.61. The van der Waals surface area contributed by atoms with Gasteiger partial charge in [-0.15, -0.1) is 0 Å². The van der Waals surface area contributed by atoms with E-state index in [1.54, 1.807) is 12.3 Å². The van der Waals surface area contributed by atoms with Crippen LogP contribution in [0.3, 0.4) is 0 Å². The van der Waals surface area contributed by atoms with Crippen molar-refractivity contribution in [1.29, 1.82) is 0 Å². The van der Waals surface area contributed by atoms with E-state index in [1.807, 2.05) is 6.92 Å². The molecule has 20 heavy (non-hydrogen) atoms. The minimum atomic E-state index is -2.87. The maximum absolute atomic E-state index is 12.3. The van der Waals surface area contributed by atoms with Crippen LogP contribution in [0.5, 0.6) is 5.75 Å². The van der Waals surface area contributed by atoms with Crippen molar-refractivity contribution in [2.75, 3.05) is 12.0 Å². The Morgan fingerprint density at radius 1 is 1.45 bits per heavy atom. The summed E-state index contributed by atoms with van der Waals surface area (Å²) in [5.41, 5.74) is 0.572. The van der Waals surface area contributed by atoms with E-state index in [2.05, 4.69) is 10.1 Å². The van der Waals surface area contributed by atoms with Crippen molar-refractivity contribution in [3.63, 3.8) is 0 Å². The van der Waals surface area contributed by atoms with Gasteiger partial charge in [-0.05, 0) is 31.5 Å². The number of benzene rings is 1. The molecule has 7 heteroatoms. The molecule has 1 aromatic carbocycles. The average Bonchev–Trinajstić information content (AvgIpc) is 2.36. The Bertz CT molecular complexity index is 460. The van der Waals surface area contributed by atoms with Gasteiger partial charge >= 0.3 is 6.61 Å². The smallest absolute Gasteiger partial charge is 0.387 e. The molecule has 1 N–H and O–H groups in total. The molecule has 0 aromatic heterocycles. The van der Waals surface area contributed by atoms with E-state index in [0.29, 0.717) is 22.9 Å². The number of hydrogen-bond acceptors (Lipinski definition) is 3. The first-order valence-electron chi connectivity index (χ1n) is 6.15. The van der Waals surface area contributed by atoms with E-state index < -0.39 is 17.4 Å². The summed E-state index contributed by atoms with van der Waals surface area (Å²) in [5.74, 6) is 0.715. The molecule has 0 heterocycles. The molecule has 0 saturated heterocycles. The second-order valence-electron chi connectivity index (χ2n) is 4.48. The molecule has 0 saturated carbocycles. The second-order valence-corrected chi connectivity index (χ2v) is 6.47. The zero-order chi connectivity index (χ0) is 15.1. The standard InChI is InChI=1S/C13H18ClF2NO2S/c1-9(5-6-20(2)18)17-8-10-7-11(14)3-4-12(10)19-13(15)16/h3-4,7,9,13,17H,5-6,8H2,1-2H3. The van der Waals surface area contributed by atoms with Crippen LogP contribution >= 0.6 is 11.6 Å². The fourth-order valence-corrected chi connectivity index (χ4v) is 2.51. The SMILES string of the molecule is CC(CCS(C)=O)NCc1cc(Cl)ccc1OC(F)F. The fourth-order valence-electron chi connectivity index (χ4n) is 1.63. The van der Waals surface area contributed by atoms with E-state index >= 15 is 0 Å². The van der Waals surface area contributed by atoms with E-state index in [9.17, 15) is 13.0 Å². The van der Waals surface area contributed by atoms with E-state index in [1.165, 1.54) is 12.1 Å². The molecule has 1 aromatic rings. The largest absolute Gasteiger partial charge is 0.434 e. The summed E-state index contributed by atoms with van der Waals surface area (Å²) < 4.78 is 40.1. The van der Waals surface area contributed by atoms with Crippen LogP contribution in [0.15, 0.2) is 18.2 Å². The molecule has 0 radical (unpaired) electrons. The van der Waals surface area contributed by atoms with Crippen molar-refractivity contribution in [1.82, 2.24) is 5.32 Å². The third-order valence-electron chi connectivity index (χ3n) is 2.72. The summed E-state index contributed by atoms with van der Waals surface area (Å²) in [7, 11) is -0.835. The lowest BCUT2D eigenvalue weighted by Gasteiger charge is -2.16. The van der Waals surface area contributed by atoms with Gasteiger partial charge in [-0.1, -0.05) is 11.6 Å². The van der Waals surface area contributed by atoms with Crippen molar-refractivity contribution < 1.29 is 17.7 Å². The van der Waals surface area contributed by atoms with Gasteiger partial charge in [0.15, 0.2) is 0 Å². The second kappa shape index (κ2) is 8.54. The molecule has 0 fully saturated rings. The molecular weight excluding hydrogens is 308 g/mol. The number of alkyl halides is 2. The highest BCUT2D eigenvalue weighted by molar-refractivity contribution is 7.84.